The number of hydrogen-bond acceptors (Lipinski definition) is 3. The minimum atomic E-state index is -0.321. The maximum absolute atomic E-state index is 11.9. The van der Waals surface area contributed by atoms with Crippen molar-refractivity contribution < 1.29 is 14.3 Å². The molecule has 5 nitrogen and oxygen atoms in total. The molecule has 120 valence electrons. The van der Waals surface area contributed by atoms with Gasteiger partial charge in [-0.3, -0.25) is 4.79 Å². The number of benzene rings is 2. The molecular weight excluding hydrogens is 292 g/mol. The van der Waals surface area contributed by atoms with E-state index in [1.165, 1.54) is 6.92 Å². The molecule has 0 bridgehead atoms. The third kappa shape index (κ3) is 4.93. The van der Waals surface area contributed by atoms with Crippen LogP contribution in [-0.4, -0.2) is 25.5 Å². The van der Waals surface area contributed by atoms with Crippen molar-refractivity contribution in [2.75, 3.05) is 19.0 Å². The van der Waals surface area contributed by atoms with Crippen LogP contribution in [-0.2, 0) is 4.74 Å². The van der Waals surface area contributed by atoms with Crippen LogP contribution in [0.2, 0.25) is 0 Å². The van der Waals surface area contributed by atoms with Gasteiger partial charge in [-0.05, 0) is 36.8 Å². The predicted octanol–water partition coefficient (Wildman–Crippen LogP) is 3.40. The fourth-order valence-corrected chi connectivity index (χ4v) is 2.15. The first-order valence-corrected chi connectivity index (χ1v) is 7.33. The average molecular weight is 312 g/mol. The van der Waals surface area contributed by atoms with E-state index in [0.29, 0.717) is 17.8 Å². The van der Waals surface area contributed by atoms with Gasteiger partial charge in [0.2, 0.25) is 0 Å². The lowest BCUT2D eigenvalue weighted by molar-refractivity contribution is 0.101. The third-order valence-electron chi connectivity index (χ3n) is 3.45. The molecule has 0 radical (unpaired) electrons. The van der Waals surface area contributed by atoms with Gasteiger partial charge in [-0.2, -0.15) is 0 Å². The molecule has 23 heavy (non-hydrogen) atoms. The van der Waals surface area contributed by atoms with Gasteiger partial charge in [0.15, 0.2) is 5.78 Å². The number of ether oxygens (including phenoxy) is 1. The summed E-state index contributed by atoms with van der Waals surface area (Å²) in [4.78, 5) is 23.1. The van der Waals surface area contributed by atoms with Crippen molar-refractivity contribution in [3.05, 3.63) is 65.7 Å². The zero-order valence-corrected chi connectivity index (χ0v) is 13.2. The van der Waals surface area contributed by atoms with E-state index in [2.05, 4.69) is 10.6 Å². The van der Waals surface area contributed by atoms with Crippen LogP contribution in [0.3, 0.4) is 0 Å². The van der Waals surface area contributed by atoms with Crippen LogP contribution in [0.1, 0.15) is 28.9 Å². The molecule has 2 amide bonds. The standard InChI is InChI=1S/C18H20N2O3/c1-13(21)14-8-10-16(11-9-14)20-18(22)19-12-17(23-2)15-6-4-3-5-7-15/h3-11,17H,12H2,1-2H3,(H2,19,20,22)/t17-/m0/s1. The summed E-state index contributed by atoms with van der Waals surface area (Å²) in [6, 6.07) is 16.1. The van der Waals surface area contributed by atoms with E-state index in [-0.39, 0.29) is 17.9 Å². The van der Waals surface area contributed by atoms with Gasteiger partial charge in [-0.15, -0.1) is 0 Å². The quantitative estimate of drug-likeness (QED) is 0.803. The summed E-state index contributed by atoms with van der Waals surface area (Å²) >= 11 is 0. The van der Waals surface area contributed by atoms with Crippen LogP contribution in [0.4, 0.5) is 10.5 Å². The van der Waals surface area contributed by atoms with Gasteiger partial charge in [0.25, 0.3) is 0 Å². The maximum Gasteiger partial charge on any atom is 0.319 e. The topological polar surface area (TPSA) is 67.4 Å². The minimum Gasteiger partial charge on any atom is -0.375 e. The Hall–Kier alpha value is -2.66. The summed E-state index contributed by atoms with van der Waals surface area (Å²) in [6.07, 6.45) is -0.206. The number of amides is 2. The molecule has 2 rings (SSSR count). The Balaban J connectivity index is 1.88. The second kappa shape index (κ2) is 8.10. The monoisotopic (exact) mass is 312 g/mol. The lowest BCUT2D eigenvalue weighted by atomic mass is 10.1. The number of hydrogen-bond donors (Lipinski definition) is 2. The predicted molar refractivity (Wildman–Crippen MR) is 89.7 cm³/mol. The van der Waals surface area contributed by atoms with Crippen molar-refractivity contribution >= 4 is 17.5 Å². The smallest absolute Gasteiger partial charge is 0.319 e. The fraction of sp³-hybridized carbons (Fsp3) is 0.222. The van der Waals surface area contributed by atoms with E-state index < -0.39 is 0 Å². The highest BCUT2D eigenvalue weighted by atomic mass is 16.5. The molecule has 0 spiro atoms. The first kappa shape index (κ1) is 16.7. The second-order valence-corrected chi connectivity index (χ2v) is 5.10. The lowest BCUT2D eigenvalue weighted by Gasteiger charge is -2.16. The first-order chi connectivity index (χ1) is 11.1. The largest absolute Gasteiger partial charge is 0.375 e. The molecule has 5 heteroatoms. The van der Waals surface area contributed by atoms with E-state index in [4.69, 9.17) is 4.74 Å². The molecule has 0 aliphatic heterocycles. The lowest BCUT2D eigenvalue weighted by Crippen LogP contribution is -2.32. The minimum absolute atomic E-state index is 0.00759. The molecule has 0 fully saturated rings. The molecule has 0 heterocycles. The molecule has 0 saturated carbocycles. The van der Waals surface area contributed by atoms with Crippen molar-refractivity contribution in [2.24, 2.45) is 0 Å². The van der Waals surface area contributed by atoms with E-state index in [1.807, 2.05) is 30.3 Å². The fourth-order valence-electron chi connectivity index (χ4n) is 2.15. The highest BCUT2D eigenvalue weighted by molar-refractivity contribution is 5.95. The molecule has 0 saturated heterocycles. The summed E-state index contributed by atoms with van der Waals surface area (Å²) in [5, 5.41) is 5.50. The van der Waals surface area contributed by atoms with Crippen LogP contribution < -0.4 is 10.6 Å². The molecule has 1 atom stereocenters. The Bertz CT molecular complexity index is 654. The zero-order chi connectivity index (χ0) is 16.7. The Morgan fingerprint density at radius 3 is 2.26 bits per heavy atom. The summed E-state index contributed by atoms with van der Waals surface area (Å²) in [5.41, 5.74) is 2.24. The van der Waals surface area contributed by atoms with Crippen LogP contribution in [0.5, 0.6) is 0 Å². The number of carbonyl (C=O) groups is 2. The molecule has 2 aromatic rings. The van der Waals surface area contributed by atoms with Gasteiger partial charge in [0.05, 0.1) is 6.10 Å². The van der Waals surface area contributed by atoms with E-state index in [1.54, 1.807) is 31.4 Å². The van der Waals surface area contributed by atoms with Crippen LogP contribution >= 0.6 is 0 Å². The van der Waals surface area contributed by atoms with E-state index >= 15 is 0 Å². The summed E-state index contributed by atoms with van der Waals surface area (Å²) < 4.78 is 5.40. The average Bonchev–Trinajstić information content (AvgIpc) is 2.57. The number of rotatable bonds is 6. The van der Waals surface area contributed by atoms with Crippen molar-refractivity contribution in [3.63, 3.8) is 0 Å². The second-order valence-electron chi connectivity index (χ2n) is 5.10. The number of urea groups is 1. The highest BCUT2D eigenvalue weighted by Gasteiger charge is 2.11. The number of ketones is 1. The Labute approximate surface area is 135 Å². The van der Waals surface area contributed by atoms with Gasteiger partial charge in [0.1, 0.15) is 0 Å². The van der Waals surface area contributed by atoms with Crippen molar-refractivity contribution in [3.8, 4) is 0 Å². The number of methoxy groups -OCH3 is 1. The van der Waals surface area contributed by atoms with Gasteiger partial charge < -0.3 is 15.4 Å². The van der Waals surface area contributed by atoms with E-state index in [0.717, 1.165) is 5.56 Å². The van der Waals surface area contributed by atoms with Crippen LogP contribution in [0.15, 0.2) is 54.6 Å². The van der Waals surface area contributed by atoms with Gasteiger partial charge >= 0.3 is 6.03 Å². The number of anilines is 1. The molecule has 2 N–H and O–H groups in total. The Morgan fingerprint density at radius 2 is 1.70 bits per heavy atom. The Kier molecular flexibility index (Phi) is 5.88. The van der Waals surface area contributed by atoms with Crippen molar-refractivity contribution in [1.82, 2.24) is 5.32 Å². The van der Waals surface area contributed by atoms with Crippen molar-refractivity contribution in [2.45, 2.75) is 13.0 Å². The summed E-state index contributed by atoms with van der Waals surface area (Å²) in [5.74, 6) is -0.00759. The first-order valence-electron chi connectivity index (χ1n) is 7.33. The van der Waals surface area contributed by atoms with Crippen LogP contribution in [0.25, 0.3) is 0 Å². The van der Waals surface area contributed by atoms with Crippen molar-refractivity contribution in [1.29, 1.82) is 0 Å². The molecule has 2 aromatic carbocycles. The normalized spacial score (nSPS) is 11.6. The number of nitrogens with one attached hydrogen (secondary N) is 2. The van der Waals surface area contributed by atoms with E-state index in [9.17, 15) is 9.59 Å². The third-order valence-corrected chi connectivity index (χ3v) is 3.45. The van der Waals surface area contributed by atoms with Gasteiger partial charge in [-0.1, -0.05) is 30.3 Å². The Morgan fingerprint density at radius 1 is 1.04 bits per heavy atom. The maximum atomic E-state index is 11.9. The SMILES string of the molecule is CO[C@@H](CNC(=O)Nc1ccc(C(C)=O)cc1)c1ccccc1. The molecule has 0 aliphatic carbocycles. The summed E-state index contributed by atoms with van der Waals surface area (Å²) in [6.45, 7) is 1.86. The van der Waals surface area contributed by atoms with Gasteiger partial charge in [0, 0.05) is 24.9 Å². The number of carbonyl (C=O) groups excluding carboxylic acids is 2. The highest BCUT2D eigenvalue weighted by Crippen LogP contribution is 2.15. The molecule has 0 aliphatic rings. The summed E-state index contributed by atoms with van der Waals surface area (Å²) in [7, 11) is 1.61. The van der Waals surface area contributed by atoms with Crippen LogP contribution in [0, 0.1) is 0 Å². The number of Topliss-reactive ketones (excluding diaryl/α,β-unsaturated/α-hetero) is 1. The molecular formula is C18H20N2O3. The zero-order valence-electron chi connectivity index (χ0n) is 13.2. The molecule has 0 aromatic heterocycles. The molecule has 0 unspecified atom stereocenters. The van der Waals surface area contributed by atoms with Gasteiger partial charge in [-0.25, -0.2) is 4.79 Å².